The molecule has 0 fully saturated rings. The fourth-order valence-electron chi connectivity index (χ4n) is 1.94. The van der Waals surface area contributed by atoms with Crippen molar-refractivity contribution in [1.29, 1.82) is 0 Å². The number of aromatic nitrogens is 2. The molecule has 0 saturated carbocycles. The highest BCUT2D eigenvalue weighted by Gasteiger charge is 2.03. The van der Waals surface area contributed by atoms with Crippen molar-refractivity contribution in [2.75, 3.05) is 6.54 Å². The van der Waals surface area contributed by atoms with E-state index < -0.39 is 0 Å². The molecule has 94 valence electrons. The lowest BCUT2D eigenvalue weighted by Crippen LogP contribution is -2.08. The summed E-state index contributed by atoms with van der Waals surface area (Å²) >= 11 is 0. The molecular weight excluding hydrogens is 222 g/mol. The zero-order valence-electron chi connectivity index (χ0n) is 11.0. The van der Waals surface area contributed by atoms with Crippen LogP contribution in [0.1, 0.15) is 28.3 Å². The lowest BCUT2D eigenvalue weighted by molar-refractivity contribution is 0.853. The maximum absolute atomic E-state index is 5.57. The van der Waals surface area contributed by atoms with Crippen molar-refractivity contribution >= 4 is 0 Å². The zero-order chi connectivity index (χ0) is 13.0. The molecule has 2 N–H and O–H groups in total. The van der Waals surface area contributed by atoms with E-state index >= 15 is 0 Å². The molecule has 0 aliphatic rings. The summed E-state index contributed by atoms with van der Waals surface area (Å²) in [7, 11) is 0. The predicted octanol–water partition coefficient (Wildman–Crippen LogP) is 2.19. The maximum atomic E-state index is 5.57. The van der Waals surface area contributed by atoms with Crippen LogP contribution in [0, 0.1) is 13.8 Å². The van der Waals surface area contributed by atoms with Crippen LogP contribution in [0.4, 0.5) is 0 Å². The van der Waals surface area contributed by atoms with Crippen LogP contribution < -0.4 is 5.73 Å². The first-order valence-corrected chi connectivity index (χ1v) is 6.26. The average Bonchev–Trinajstić information content (AvgIpc) is 2.32. The van der Waals surface area contributed by atoms with Crippen molar-refractivity contribution in [2.45, 2.75) is 26.7 Å². The smallest absolute Gasteiger partial charge is 0.133 e. The second-order valence-corrected chi connectivity index (χ2v) is 4.62. The normalized spacial score (nSPS) is 10.6. The number of benzene rings is 1. The van der Waals surface area contributed by atoms with Gasteiger partial charge < -0.3 is 5.73 Å². The van der Waals surface area contributed by atoms with E-state index in [1.165, 1.54) is 11.1 Å². The minimum Gasteiger partial charge on any atom is -0.330 e. The van der Waals surface area contributed by atoms with Gasteiger partial charge in [-0.3, -0.25) is 0 Å². The Labute approximate surface area is 108 Å². The molecule has 2 rings (SSSR count). The van der Waals surface area contributed by atoms with Gasteiger partial charge in [0, 0.05) is 24.2 Å². The summed E-state index contributed by atoms with van der Waals surface area (Å²) in [5.41, 5.74) is 10.1. The zero-order valence-corrected chi connectivity index (χ0v) is 11.0. The van der Waals surface area contributed by atoms with E-state index in [0.717, 1.165) is 30.1 Å². The molecule has 3 heteroatoms. The van der Waals surface area contributed by atoms with Crippen molar-refractivity contribution < 1.29 is 0 Å². The first kappa shape index (κ1) is 12.7. The van der Waals surface area contributed by atoms with E-state index in [1.807, 2.05) is 13.0 Å². The monoisotopic (exact) mass is 241 g/mol. The molecule has 1 aromatic carbocycles. The van der Waals surface area contributed by atoms with E-state index in [1.54, 1.807) is 0 Å². The summed E-state index contributed by atoms with van der Waals surface area (Å²) in [6, 6.07) is 10.5. The quantitative estimate of drug-likeness (QED) is 0.892. The standard InChI is InChI=1S/C15H19N3/c1-11-3-5-13(6-4-11)10-15-17-12(2)9-14(18-15)7-8-16/h3-6,9H,7-8,10,16H2,1-2H3. The molecule has 1 aromatic heterocycles. The highest BCUT2D eigenvalue weighted by molar-refractivity contribution is 5.24. The van der Waals surface area contributed by atoms with Gasteiger partial charge in [0.25, 0.3) is 0 Å². The Morgan fingerprint density at radius 2 is 1.78 bits per heavy atom. The van der Waals surface area contributed by atoms with Crippen molar-refractivity contribution in [2.24, 2.45) is 5.73 Å². The second-order valence-electron chi connectivity index (χ2n) is 4.62. The van der Waals surface area contributed by atoms with Crippen molar-refractivity contribution in [3.05, 3.63) is 58.7 Å². The van der Waals surface area contributed by atoms with Gasteiger partial charge in [-0.25, -0.2) is 9.97 Å². The molecule has 0 radical (unpaired) electrons. The second kappa shape index (κ2) is 5.74. The summed E-state index contributed by atoms with van der Waals surface area (Å²) in [5, 5.41) is 0. The molecule has 0 aliphatic heterocycles. The minimum atomic E-state index is 0.625. The van der Waals surface area contributed by atoms with Crippen molar-refractivity contribution in [1.82, 2.24) is 9.97 Å². The van der Waals surface area contributed by atoms with Gasteiger partial charge in [-0.2, -0.15) is 0 Å². The maximum Gasteiger partial charge on any atom is 0.133 e. The van der Waals surface area contributed by atoms with Crippen LogP contribution in [0.25, 0.3) is 0 Å². The molecule has 0 unspecified atom stereocenters. The summed E-state index contributed by atoms with van der Waals surface area (Å²) in [6.45, 7) is 4.72. The Morgan fingerprint density at radius 3 is 2.44 bits per heavy atom. The first-order chi connectivity index (χ1) is 8.67. The first-order valence-electron chi connectivity index (χ1n) is 6.26. The SMILES string of the molecule is Cc1ccc(Cc2nc(C)cc(CCN)n2)cc1. The molecule has 0 bridgehead atoms. The lowest BCUT2D eigenvalue weighted by Gasteiger charge is -2.05. The Kier molecular flexibility index (Phi) is 4.05. The van der Waals surface area contributed by atoms with E-state index in [-0.39, 0.29) is 0 Å². The lowest BCUT2D eigenvalue weighted by atomic mass is 10.1. The average molecular weight is 241 g/mol. The fourth-order valence-corrected chi connectivity index (χ4v) is 1.94. The van der Waals surface area contributed by atoms with Crippen molar-refractivity contribution in [3.63, 3.8) is 0 Å². The minimum absolute atomic E-state index is 0.625. The number of nitrogens with two attached hydrogens (primary N) is 1. The summed E-state index contributed by atoms with van der Waals surface area (Å²) in [6.07, 6.45) is 1.59. The van der Waals surface area contributed by atoms with Gasteiger partial charge in [0.2, 0.25) is 0 Å². The third-order valence-electron chi connectivity index (χ3n) is 2.84. The molecule has 0 aliphatic carbocycles. The van der Waals surface area contributed by atoms with Gasteiger partial charge >= 0.3 is 0 Å². The number of aryl methyl sites for hydroxylation is 2. The summed E-state index contributed by atoms with van der Waals surface area (Å²) in [4.78, 5) is 9.03. The van der Waals surface area contributed by atoms with Gasteiger partial charge in [-0.1, -0.05) is 29.8 Å². The number of rotatable bonds is 4. The van der Waals surface area contributed by atoms with Gasteiger partial charge in [0.15, 0.2) is 0 Å². The third kappa shape index (κ3) is 3.37. The predicted molar refractivity (Wildman–Crippen MR) is 73.5 cm³/mol. The molecule has 2 aromatic rings. The Morgan fingerprint density at radius 1 is 1.06 bits per heavy atom. The van der Waals surface area contributed by atoms with Crippen LogP contribution in [-0.2, 0) is 12.8 Å². The van der Waals surface area contributed by atoms with Crippen molar-refractivity contribution in [3.8, 4) is 0 Å². The molecule has 18 heavy (non-hydrogen) atoms. The summed E-state index contributed by atoms with van der Waals surface area (Å²) < 4.78 is 0. The van der Waals surface area contributed by atoms with Crippen LogP contribution in [0.3, 0.4) is 0 Å². The number of hydrogen-bond acceptors (Lipinski definition) is 3. The van der Waals surface area contributed by atoms with Gasteiger partial charge in [0.1, 0.15) is 5.82 Å². The molecule has 1 heterocycles. The topological polar surface area (TPSA) is 51.8 Å². The molecule has 0 saturated heterocycles. The third-order valence-corrected chi connectivity index (χ3v) is 2.84. The van der Waals surface area contributed by atoms with Crippen LogP contribution in [0.5, 0.6) is 0 Å². The van der Waals surface area contributed by atoms with E-state index in [2.05, 4.69) is 41.2 Å². The van der Waals surface area contributed by atoms with E-state index in [9.17, 15) is 0 Å². The largest absolute Gasteiger partial charge is 0.330 e. The molecular formula is C15H19N3. The van der Waals surface area contributed by atoms with Crippen LogP contribution in [-0.4, -0.2) is 16.5 Å². The highest BCUT2D eigenvalue weighted by Crippen LogP contribution is 2.09. The number of hydrogen-bond donors (Lipinski definition) is 1. The van der Waals surface area contributed by atoms with Gasteiger partial charge in [0.05, 0.1) is 0 Å². The van der Waals surface area contributed by atoms with E-state index in [0.29, 0.717) is 6.54 Å². The van der Waals surface area contributed by atoms with Crippen LogP contribution in [0.15, 0.2) is 30.3 Å². The molecule has 0 atom stereocenters. The number of nitrogens with zero attached hydrogens (tertiary/aromatic N) is 2. The Bertz CT molecular complexity index is 518. The van der Waals surface area contributed by atoms with E-state index in [4.69, 9.17) is 5.73 Å². The summed E-state index contributed by atoms with van der Waals surface area (Å²) in [5.74, 6) is 0.877. The Balaban J connectivity index is 2.20. The molecule has 3 nitrogen and oxygen atoms in total. The van der Waals surface area contributed by atoms with Crippen LogP contribution >= 0.6 is 0 Å². The van der Waals surface area contributed by atoms with Gasteiger partial charge in [-0.15, -0.1) is 0 Å². The van der Waals surface area contributed by atoms with Crippen LogP contribution in [0.2, 0.25) is 0 Å². The molecule has 0 amide bonds. The fraction of sp³-hybridized carbons (Fsp3) is 0.333. The Hall–Kier alpha value is -1.74. The molecule has 0 spiro atoms. The highest BCUT2D eigenvalue weighted by atomic mass is 14.9. The van der Waals surface area contributed by atoms with Gasteiger partial charge in [-0.05, 0) is 32.0 Å².